The normalized spacial score (nSPS) is 13.1. The van der Waals surface area contributed by atoms with E-state index in [2.05, 4.69) is 319 Å². The van der Waals surface area contributed by atoms with Crippen molar-refractivity contribution in [1.82, 2.24) is 15.0 Å². The molecule has 5 nitrogen and oxygen atoms in total. The summed E-state index contributed by atoms with van der Waals surface area (Å²) in [5.41, 5.74) is 13.6. The minimum absolute atomic E-state index is 0.568. The first-order valence-electron chi connectivity index (χ1n) is 28.1. The Morgan fingerprint density at radius 2 is 0.585 bits per heavy atom. The van der Waals surface area contributed by atoms with Crippen molar-refractivity contribution in [2.45, 2.75) is 0 Å². The van der Waals surface area contributed by atoms with Gasteiger partial charge >= 0.3 is 0 Å². The number of anilines is 6. The van der Waals surface area contributed by atoms with E-state index in [-0.39, 0.29) is 0 Å². The largest absolute Gasteiger partial charge is 0.309 e. The van der Waals surface area contributed by atoms with Gasteiger partial charge in [0, 0.05) is 50.6 Å². The minimum atomic E-state index is -2.97. The van der Waals surface area contributed by atoms with Crippen LogP contribution in [-0.2, 0) is 0 Å². The summed E-state index contributed by atoms with van der Waals surface area (Å²) in [6.45, 7) is 0. The van der Waals surface area contributed by atoms with Crippen LogP contribution in [0.5, 0.6) is 0 Å². The van der Waals surface area contributed by atoms with E-state index in [4.69, 9.17) is 15.0 Å². The quantitative estimate of drug-likeness (QED) is 0.128. The number of nitrogens with zero attached hydrogens (tertiary/aromatic N) is 5. The fraction of sp³-hybridized carbons (Fsp3) is 0. The third-order valence-corrected chi connectivity index (χ3v) is 24.6. The highest BCUT2D eigenvalue weighted by atomic mass is 28.3. The van der Waals surface area contributed by atoms with Crippen molar-refractivity contribution in [2.75, 3.05) is 9.80 Å². The average Bonchev–Trinajstić information content (AvgIpc) is 2.92. The van der Waals surface area contributed by atoms with Gasteiger partial charge in [-0.15, -0.1) is 0 Å². The van der Waals surface area contributed by atoms with E-state index in [1.165, 1.54) is 36.3 Å². The second-order valence-electron chi connectivity index (χ2n) is 21.0. The van der Waals surface area contributed by atoms with Gasteiger partial charge in [0.05, 0.1) is 11.4 Å². The van der Waals surface area contributed by atoms with Gasteiger partial charge in [0.25, 0.3) is 0 Å². The number of para-hydroxylation sites is 6. The molecule has 7 heteroatoms. The smallest absolute Gasteiger partial charge is 0.184 e. The summed E-state index contributed by atoms with van der Waals surface area (Å²) in [4.78, 5) is 22.1. The van der Waals surface area contributed by atoms with E-state index in [1.807, 2.05) is 6.07 Å². The van der Waals surface area contributed by atoms with E-state index in [1.54, 1.807) is 0 Å². The maximum atomic E-state index is 5.83. The van der Waals surface area contributed by atoms with E-state index in [0.29, 0.717) is 17.5 Å². The molecule has 0 fully saturated rings. The first-order valence-corrected chi connectivity index (χ1v) is 31.8. The number of benzene rings is 12. The molecule has 3 heterocycles. The van der Waals surface area contributed by atoms with Crippen LogP contribution >= 0.6 is 0 Å². The zero-order valence-electron chi connectivity index (χ0n) is 44.8. The maximum absolute atomic E-state index is 5.83. The number of hydrogen-bond acceptors (Lipinski definition) is 5. The SMILES string of the molecule is c1ccc(-c2nc(-c3cccc(-c4ccccc4)c3N3c4ccccc4[SiH](c4ccccc4)c4ccccc43)nc(-c3cccc(-c4ccccc4)c3N3c4ccccc4[Si](c4ccccc4)(c4ccccc4)c4ccccc43)n2)cc1. The molecule has 0 atom stereocenters. The molecule has 0 aliphatic carbocycles. The van der Waals surface area contributed by atoms with E-state index >= 15 is 0 Å². The van der Waals surface area contributed by atoms with Crippen LogP contribution < -0.4 is 46.1 Å². The topological polar surface area (TPSA) is 45.2 Å². The van der Waals surface area contributed by atoms with E-state index in [0.717, 1.165) is 73.1 Å². The van der Waals surface area contributed by atoms with Crippen molar-refractivity contribution in [3.63, 3.8) is 0 Å². The lowest BCUT2D eigenvalue weighted by atomic mass is 9.96. The van der Waals surface area contributed by atoms with Crippen molar-refractivity contribution in [3.8, 4) is 56.4 Å². The molecule has 0 amide bonds. The molecule has 1 aromatic heterocycles. The molecular formula is C75H53N5Si2. The Kier molecular flexibility index (Phi) is 12.3. The molecule has 2 aliphatic rings. The monoisotopic (exact) mass is 1080 g/mol. The molecule has 12 aromatic carbocycles. The average molecular weight is 1080 g/mol. The fourth-order valence-electron chi connectivity index (χ4n) is 13.0. The van der Waals surface area contributed by atoms with Crippen LogP contribution in [0.4, 0.5) is 34.1 Å². The first-order chi connectivity index (χ1) is 40.7. The second-order valence-corrected chi connectivity index (χ2v) is 27.5. The highest BCUT2D eigenvalue weighted by molar-refractivity contribution is 7.21. The van der Waals surface area contributed by atoms with Gasteiger partial charge in [-0.3, -0.25) is 0 Å². The highest BCUT2D eigenvalue weighted by Crippen LogP contribution is 2.50. The summed E-state index contributed by atoms with van der Waals surface area (Å²) < 4.78 is 0. The Hall–Kier alpha value is -10.3. The van der Waals surface area contributed by atoms with Crippen LogP contribution in [0.25, 0.3) is 56.4 Å². The molecule has 0 saturated carbocycles. The number of fused-ring (bicyclic) bond motifs is 4. The summed E-state index contributed by atoms with van der Waals surface area (Å²) in [5.74, 6) is 1.73. The van der Waals surface area contributed by atoms with Crippen LogP contribution in [-0.4, -0.2) is 31.8 Å². The summed E-state index contributed by atoms with van der Waals surface area (Å²) in [6.07, 6.45) is 0. The van der Waals surface area contributed by atoms with Gasteiger partial charge < -0.3 is 9.80 Å². The molecule has 2 aliphatic heterocycles. The molecule has 0 N–H and O–H groups in total. The lowest BCUT2D eigenvalue weighted by Gasteiger charge is -2.45. The molecule has 0 unspecified atom stereocenters. The van der Waals surface area contributed by atoms with Crippen LogP contribution in [0.15, 0.2) is 315 Å². The van der Waals surface area contributed by atoms with Gasteiger partial charge in [0.15, 0.2) is 25.5 Å². The first kappa shape index (κ1) is 48.8. The van der Waals surface area contributed by atoms with E-state index in [9.17, 15) is 0 Å². The predicted molar refractivity (Wildman–Crippen MR) is 346 cm³/mol. The molecule has 13 aromatic rings. The van der Waals surface area contributed by atoms with Gasteiger partial charge in [-0.05, 0) is 78.6 Å². The Morgan fingerprint density at radius 3 is 1.04 bits per heavy atom. The van der Waals surface area contributed by atoms with E-state index < -0.39 is 16.9 Å². The predicted octanol–water partition coefficient (Wildman–Crippen LogP) is 13.4. The summed E-state index contributed by atoms with van der Waals surface area (Å²) in [7, 11) is -4.91. The van der Waals surface area contributed by atoms with Gasteiger partial charge in [-0.1, -0.05) is 284 Å². The summed E-state index contributed by atoms with van der Waals surface area (Å²) in [5, 5.41) is 9.38. The lowest BCUT2D eigenvalue weighted by Crippen LogP contribution is -2.77. The molecule has 82 heavy (non-hydrogen) atoms. The number of hydrogen-bond donors (Lipinski definition) is 0. The Bertz CT molecular complexity index is 4330. The van der Waals surface area contributed by atoms with Gasteiger partial charge in [-0.25, -0.2) is 15.0 Å². The van der Waals surface area contributed by atoms with Gasteiger partial charge in [0.1, 0.15) is 8.80 Å². The summed E-state index contributed by atoms with van der Waals surface area (Å²) >= 11 is 0. The Balaban J connectivity index is 1.02. The Morgan fingerprint density at radius 1 is 0.256 bits per heavy atom. The third kappa shape index (κ3) is 8.08. The molecule has 0 radical (unpaired) electrons. The second kappa shape index (κ2) is 20.7. The Labute approximate surface area is 481 Å². The molecule has 0 saturated heterocycles. The molecule has 0 bridgehead atoms. The molecule has 386 valence electrons. The van der Waals surface area contributed by atoms with Gasteiger partial charge in [-0.2, -0.15) is 0 Å². The van der Waals surface area contributed by atoms with Crippen molar-refractivity contribution < 1.29 is 0 Å². The summed E-state index contributed by atoms with van der Waals surface area (Å²) in [6, 6.07) is 115. The van der Waals surface area contributed by atoms with Crippen molar-refractivity contribution in [1.29, 1.82) is 0 Å². The minimum Gasteiger partial charge on any atom is -0.309 e. The van der Waals surface area contributed by atoms with Crippen LogP contribution in [0.2, 0.25) is 0 Å². The highest BCUT2D eigenvalue weighted by Gasteiger charge is 2.49. The van der Waals surface area contributed by atoms with Gasteiger partial charge in [0.2, 0.25) is 0 Å². The fourth-order valence-corrected chi connectivity index (χ4v) is 21.4. The standard InChI is InChI=1S/C75H53N5Si2/c1-7-29-53(30-8-1)59-41-27-43-61(71(59)79-63-45-19-23-49-67(63)81(56-35-13-4-14-36-56)68-50-24-20-46-64(68)79)74-76-73(55-33-11-3-12-34-55)77-75(78-74)62-44-28-42-60(54-31-9-2-10-32-54)72(62)80-65-47-21-25-51-69(65)82(57-37-15-5-16-38-57,58-39-17-6-18-40-58)70-52-26-22-48-66(70)80/h1-52,81H. The third-order valence-electron chi connectivity index (χ3n) is 16.5. The van der Waals surface area contributed by atoms with Crippen LogP contribution in [0.3, 0.4) is 0 Å². The number of aromatic nitrogens is 3. The van der Waals surface area contributed by atoms with Crippen molar-refractivity contribution in [3.05, 3.63) is 315 Å². The zero-order chi connectivity index (χ0) is 54.4. The lowest BCUT2D eigenvalue weighted by molar-refractivity contribution is 1.07. The number of rotatable bonds is 10. The van der Waals surface area contributed by atoms with Crippen molar-refractivity contribution >= 4 is 87.3 Å². The molecule has 15 rings (SSSR count). The zero-order valence-corrected chi connectivity index (χ0v) is 47.0. The van der Waals surface area contributed by atoms with Crippen LogP contribution in [0.1, 0.15) is 0 Å². The maximum Gasteiger partial charge on any atom is 0.184 e. The van der Waals surface area contributed by atoms with Crippen LogP contribution in [0, 0.1) is 0 Å². The van der Waals surface area contributed by atoms with Crippen molar-refractivity contribution in [2.24, 2.45) is 0 Å². The molecule has 0 spiro atoms. The molecular weight excluding hydrogens is 1030 g/mol.